The minimum atomic E-state index is -0.919. The Morgan fingerprint density at radius 2 is 1.95 bits per heavy atom. The summed E-state index contributed by atoms with van der Waals surface area (Å²) in [5.74, 6) is -2.13. The highest BCUT2D eigenvalue weighted by molar-refractivity contribution is 5.94. The fourth-order valence-electron chi connectivity index (χ4n) is 2.40. The lowest BCUT2D eigenvalue weighted by Gasteiger charge is -2.32. The summed E-state index contributed by atoms with van der Waals surface area (Å²) in [6, 6.07) is 2.73. The molecule has 3 nitrogen and oxygen atoms in total. The average Bonchev–Trinajstić information content (AvgIpc) is 2.40. The molecule has 0 saturated heterocycles. The van der Waals surface area contributed by atoms with Gasteiger partial charge in [-0.3, -0.25) is 4.79 Å². The van der Waals surface area contributed by atoms with Crippen molar-refractivity contribution in [2.45, 2.75) is 37.7 Å². The van der Waals surface area contributed by atoms with E-state index in [1.54, 1.807) is 0 Å². The molecule has 1 fully saturated rings. The first kappa shape index (κ1) is 13.9. The Morgan fingerprint density at radius 1 is 1.26 bits per heavy atom. The molecule has 1 aliphatic rings. The van der Waals surface area contributed by atoms with Gasteiger partial charge in [-0.2, -0.15) is 0 Å². The largest absolute Gasteiger partial charge is 0.388 e. The number of amides is 1. The molecule has 0 heterocycles. The number of benzene rings is 1. The average molecular weight is 269 g/mol. The first-order chi connectivity index (χ1) is 9.00. The highest BCUT2D eigenvalue weighted by Gasteiger charge is 2.29. The lowest BCUT2D eigenvalue weighted by molar-refractivity contribution is 0.00521. The third-order valence-electron chi connectivity index (χ3n) is 3.54. The van der Waals surface area contributed by atoms with Gasteiger partial charge in [-0.25, -0.2) is 8.78 Å². The number of rotatable bonds is 3. The molecule has 5 heteroatoms. The van der Waals surface area contributed by atoms with Gasteiger partial charge in [0.25, 0.3) is 5.91 Å². The van der Waals surface area contributed by atoms with E-state index in [0.717, 1.165) is 37.5 Å². The summed E-state index contributed by atoms with van der Waals surface area (Å²) in [6.45, 7) is 0.0712. The third kappa shape index (κ3) is 3.50. The van der Waals surface area contributed by atoms with Crippen LogP contribution in [-0.4, -0.2) is 23.2 Å². The summed E-state index contributed by atoms with van der Waals surface area (Å²) in [4.78, 5) is 11.8. The van der Waals surface area contributed by atoms with Crippen molar-refractivity contribution in [3.05, 3.63) is 35.4 Å². The maximum atomic E-state index is 13.4. The van der Waals surface area contributed by atoms with Crippen molar-refractivity contribution >= 4 is 5.91 Å². The van der Waals surface area contributed by atoms with Gasteiger partial charge in [0.15, 0.2) is 0 Å². The third-order valence-corrected chi connectivity index (χ3v) is 3.54. The van der Waals surface area contributed by atoms with Gasteiger partial charge in [-0.15, -0.1) is 0 Å². The molecule has 1 saturated carbocycles. The summed E-state index contributed by atoms with van der Waals surface area (Å²) in [7, 11) is 0. The highest BCUT2D eigenvalue weighted by Crippen LogP contribution is 2.27. The molecule has 2 rings (SSSR count). The molecule has 0 aliphatic heterocycles. The first-order valence-corrected chi connectivity index (χ1v) is 6.46. The molecule has 0 bridgehead atoms. The molecule has 104 valence electrons. The van der Waals surface area contributed by atoms with E-state index in [0.29, 0.717) is 12.8 Å². The van der Waals surface area contributed by atoms with Gasteiger partial charge in [-0.1, -0.05) is 19.3 Å². The van der Waals surface area contributed by atoms with Gasteiger partial charge in [0.1, 0.15) is 11.6 Å². The zero-order valence-electron chi connectivity index (χ0n) is 10.6. The van der Waals surface area contributed by atoms with Gasteiger partial charge in [0, 0.05) is 6.54 Å². The minimum absolute atomic E-state index is 0.0712. The van der Waals surface area contributed by atoms with Crippen LogP contribution in [0.1, 0.15) is 42.5 Å². The zero-order valence-corrected chi connectivity index (χ0v) is 10.6. The Morgan fingerprint density at radius 3 is 2.63 bits per heavy atom. The van der Waals surface area contributed by atoms with Crippen LogP contribution in [0, 0.1) is 11.6 Å². The van der Waals surface area contributed by atoms with Crippen molar-refractivity contribution < 1.29 is 18.7 Å². The van der Waals surface area contributed by atoms with Crippen LogP contribution in [0.2, 0.25) is 0 Å². The normalized spacial score (nSPS) is 18.1. The van der Waals surface area contributed by atoms with Crippen LogP contribution in [0.4, 0.5) is 8.78 Å². The predicted octanol–water partition coefficient (Wildman–Crippen LogP) is 2.39. The molecule has 1 aliphatic carbocycles. The summed E-state index contributed by atoms with van der Waals surface area (Å²) in [5.41, 5.74) is -1.25. The van der Waals surface area contributed by atoms with Crippen LogP contribution in [-0.2, 0) is 0 Å². The molecule has 0 aromatic heterocycles. The number of halogens is 2. The van der Waals surface area contributed by atoms with Gasteiger partial charge >= 0.3 is 0 Å². The van der Waals surface area contributed by atoms with Crippen LogP contribution in [0.5, 0.6) is 0 Å². The molecule has 19 heavy (non-hydrogen) atoms. The summed E-state index contributed by atoms with van der Waals surface area (Å²) in [5, 5.41) is 12.7. The van der Waals surface area contributed by atoms with Gasteiger partial charge in [0.05, 0.1) is 11.2 Å². The van der Waals surface area contributed by atoms with Crippen LogP contribution in [0.25, 0.3) is 0 Å². The molecule has 2 N–H and O–H groups in total. The van der Waals surface area contributed by atoms with E-state index in [-0.39, 0.29) is 12.1 Å². The Balaban J connectivity index is 1.99. The SMILES string of the molecule is O=C(NCC1(O)CCCCC1)c1cc(F)ccc1F. The van der Waals surface area contributed by atoms with E-state index in [1.165, 1.54) is 0 Å². The van der Waals surface area contributed by atoms with Gasteiger partial charge < -0.3 is 10.4 Å². The second-order valence-electron chi connectivity index (χ2n) is 5.09. The molecule has 1 aromatic carbocycles. The van der Waals surface area contributed by atoms with E-state index < -0.39 is 23.1 Å². The smallest absolute Gasteiger partial charge is 0.254 e. The van der Waals surface area contributed by atoms with Crippen LogP contribution >= 0.6 is 0 Å². The summed E-state index contributed by atoms with van der Waals surface area (Å²) in [6.07, 6.45) is 4.16. The fourth-order valence-corrected chi connectivity index (χ4v) is 2.40. The van der Waals surface area contributed by atoms with E-state index >= 15 is 0 Å². The fraction of sp³-hybridized carbons (Fsp3) is 0.500. The zero-order chi connectivity index (χ0) is 13.9. The quantitative estimate of drug-likeness (QED) is 0.885. The van der Waals surface area contributed by atoms with E-state index in [4.69, 9.17) is 0 Å². The highest BCUT2D eigenvalue weighted by atomic mass is 19.1. The number of nitrogens with one attached hydrogen (secondary N) is 1. The number of aliphatic hydroxyl groups is 1. The molecule has 0 atom stereocenters. The Bertz CT molecular complexity index is 471. The molecule has 0 unspecified atom stereocenters. The van der Waals surface area contributed by atoms with Crippen molar-refractivity contribution in [2.24, 2.45) is 0 Å². The van der Waals surface area contributed by atoms with Crippen molar-refractivity contribution in [1.29, 1.82) is 0 Å². The monoisotopic (exact) mass is 269 g/mol. The van der Waals surface area contributed by atoms with Crippen molar-refractivity contribution in [3.8, 4) is 0 Å². The Hall–Kier alpha value is -1.49. The van der Waals surface area contributed by atoms with E-state index in [1.807, 2.05) is 0 Å². The molecule has 1 aromatic rings. The molecule has 0 radical (unpaired) electrons. The van der Waals surface area contributed by atoms with Crippen molar-refractivity contribution in [1.82, 2.24) is 5.32 Å². The summed E-state index contributed by atoms with van der Waals surface area (Å²) >= 11 is 0. The number of hydrogen-bond acceptors (Lipinski definition) is 2. The number of carbonyl (C=O) groups is 1. The first-order valence-electron chi connectivity index (χ1n) is 6.46. The maximum absolute atomic E-state index is 13.4. The van der Waals surface area contributed by atoms with Crippen LogP contribution < -0.4 is 5.32 Å². The lowest BCUT2D eigenvalue weighted by atomic mass is 9.85. The molecular weight excluding hydrogens is 252 g/mol. The standard InChI is InChI=1S/C14H17F2NO2/c15-10-4-5-12(16)11(8-10)13(18)17-9-14(19)6-2-1-3-7-14/h4-5,8,19H,1-3,6-7,9H2,(H,17,18). The molecule has 1 amide bonds. The predicted molar refractivity (Wildman–Crippen MR) is 66.7 cm³/mol. The number of carbonyl (C=O) groups excluding carboxylic acids is 1. The molecule has 0 spiro atoms. The summed E-state index contributed by atoms with van der Waals surface area (Å²) < 4.78 is 26.4. The Kier molecular flexibility index (Phi) is 4.14. The Labute approximate surface area is 110 Å². The van der Waals surface area contributed by atoms with Crippen LogP contribution in [0.3, 0.4) is 0 Å². The topological polar surface area (TPSA) is 49.3 Å². The minimum Gasteiger partial charge on any atom is -0.388 e. The second-order valence-corrected chi connectivity index (χ2v) is 5.09. The van der Waals surface area contributed by atoms with Crippen molar-refractivity contribution in [2.75, 3.05) is 6.54 Å². The second kappa shape index (κ2) is 5.65. The van der Waals surface area contributed by atoms with Gasteiger partial charge in [-0.05, 0) is 31.0 Å². The molecular formula is C14H17F2NO2. The van der Waals surface area contributed by atoms with E-state index in [9.17, 15) is 18.7 Å². The maximum Gasteiger partial charge on any atom is 0.254 e. The van der Waals surface area contributed by atoms with Crippen molar-refractivity contribution in [3.63, 3.8) is 0 Å². The van der Waals surface area contributed by atoms with Gasteiger partial charge in [0.2, 0.25) is 0 Å². The number of hydrogen-bond donors (Lipinski definition) is 2. The van der Waals surface area contributed by atoms with E-state index in [2.05, 4.69) is 5.32 Å². The van der Waals surface area contributed by atoms with Crippen LogP contribution in [0.15, 0.2) is 18.2 Å². The lowest BCUT2D eigenvalue weighted by Crippen LogP contribution is -2.44.